The topological polar surface area (TPSA) is 96.2 Å². The van der Waals surface area contributed by atoms with Gasteiger partial charge in [0.15, 0.2) is 5.65 Å². The smallest absolute Gasteiger partial charge is 0.415 e. The van der Waals surface area contributed by atoms with Gasteiger partial charge in [0, 0.05) is 19.3 Å². The fourth-order valence-corrected chi connectivity index (χ4v) is 2.97. The molecule has 1 aliphatic rings. The highest BCUT2D eigenvalue weighted by molar-refractivity contribution is 6.30. The van der Waals surface area contributed by atoms with E-state index in [-0.39, 0.29) is 17.1 Å². The number of aliphatic hydroxyl groups excluding tert-OH is 1. The van der Waals surface area contributed by atoms with E-state index in [1.165, 1.54) is 11.0 Å². The van der Waals surface area contributed by atoms with Gasteiger partial charge in [-0.2, -0.15) is 0 Å². The van der Waals surface area contributed by atoms with Crippen LogP contribution < -0.4 is 10.2 Å². The molecular formula is C18H23ClN4O4. The highest BCUT2D eigenvalue weighted by Crippen LogP contribution is 2.25. The molecule has 0 saturated heterocycles. The maximum atomic E-state index is 12.6. The molecule has 0 radical (unpaired) electrons. The van der Waals surface area contributed by atoms with Crippen LogP contribution in [0.4, 0.5) is 10.6 Å². The normalized spacial score (nSPS) is 19.5. The SMILES string of the molecule is CN(C(=O)OC(C)(C)C)c1cc(Cl)nc2c(C(=O)NC3CC[C@H]3O)ccn12. The number of hydrogen-bond donors (Lipinski definition) is 2. The summed E-state index contributed by atoms with van der Waals surface area (Å²) in [6.45, 7) is 5.34. The lowest BCUT2D eigenvalue weighted by Crippen LogP contribution is -2.50. The highest BCUT2D eigenvalue weighted by Gasteiger charge is 2.31. The van der Waals surface area contributed by atoms with E-state index in [2.05, 4.69) is 10.3 Å². The number of aromatic nitrogens is 2. The fraction of sp³-hybridized carbons (Fsp3) is 0.500. The van der Waals surface area contributed by atoms with Gasteiger partial charge in [-0.15, -0.1) is 0 Å². The van der Waals surface area contributed by atoms with Gasteiger partial charge in [0.1, 0.15) is 16.6 Å². The first-order valence-electron chi connectivity index (χ1n) is 8.70. The van der Waals surface area contributed by atoms with Crippen LogP contribution >= 0.6 is 11.6 Å². The highest BCUT2D eigenvalue weighted by atomic mass is 35.5. The molecule has 2 aromatic rings. The molecule has 2 atom stereocenters. The third-order valence-electron chi connectivity index (χ3n) is 4.38. The van der Waals surface area contributed by atoms with Gasteiger partial charge in [-0.1, -0.05) is 11.6 Å². The zero-order chi connectivity index (χ0) is 19.9. The summed E-state index contributed by atoms with van der Waals surface area (Å²) in [4.78, 5) is 30.5. The zero-order valence-electron chi connectivity index (χ0n) is 15.7. The van der Waals surface area contributed by atoms with Crippen molar-refractivity contribution in [2.45, 2.75) is 51.4 Å². The Morgan fingerprint density at radius 3 is 2.67 bits per heavy atom. The van der Waals surface area contributed by atoms with E-state index in [0.717, 1.165) is 6.42 Å². The van der Waals surface area contributed by atoms with Crippen molar-refractivity contribution >= 4 is 35.1 Å². The maximum absolute atomic E-state index is 12.6. The molecule has 2 amide bonds. The van der Waals surface area contributed by atoms with Crippen molar-refractivity contribution < 1.29 is 19.4 Å². The molecule has 2 aromatic heterocycles. The van der Waals surface area contributed by atoms with Crippen LogP contribution in [0.15, 0.2) is 18.3 Å². The summed E-state index contributed by atoms with van der Waals surface area (Å²) >= 11 is 6.13. The number of halogens is 1. The molecule has 146 valence electrons. The van der Waals surface area contributed by atoms with Crippen LogP contribution in [0.2, 0.25) is 5.15 Å². The molecule has 8 nitrogen and oxygen atoms in total. The Kier molecular flexibility index (Phi) is 5.05. The van der Waals surface area contributed by atoms with Gasteiger partial charge in [-0.05, 0) is 39.7 Å². The number of hydrogen-bond acceptors (Lipinski definition) is 5. The standard InChI is InChI=1S/C18H23ClN4O4/c1-18(2,3)27-17(26)22(4)14-9-13(19)21-15-10(7-8-23(14)15)16(25)20-11-5-6-12(11)24/h7-9,11-12,24H,5-6H2,1-4H3,(H,20,25)/t11?,12-/m1/s1. The molecule has 1 saturated carbocycles. The lowest BCUT2D eigenvalue weighted by Gasteiger charge is -2.32. The number of nitrogens with one attached hydrogen (secondary N) is 1. The van der Waals surface area contributed by atoms with Gasteiger partial charge < -0.3 is 15.2 Å². The van der Waals surface area contributed by atoms with Crippen molar-refractivity contribution in [2.75, 3.05) is 11.9 Å². The Labute approximate surface area is 162 Å². The van der Waals surface area contributed by atoms with Crippen LogP contribution in [0.3, 0.4) is 0 Å². The molecular weight excluding hydrogens is 372 g/mol. The largest absolute Gasteiger partial charge is 0.443 e. The van der Waals surface area contributed by atoms with Crippen molar-refractivity contribution in [3.05, 3.63) is 29.0 Å². The van der Waals surface area contributed by atoms with Gasteiger partial charge in [0.2, 0.25) is 0 Å². The number of amides is 2. The van der Waals surface area contributed by atoms with E-state index < -0.39 is 17.8 Å². The molecule has 2 heterocycles. The third kappa shape index (κ3) is 4.01. The van der Waals surface area contributed by atoms with E-state index >= 15 is 0 Å². The second-order valence-corrected chi connectivity index (χ2v) is 8.01. The van der Waals surface area contributed by atoms with Crippen molar-refractivity contribution in [3.63, 3.8) is 0 Å². The Balaban J connectivity index is 1.93. The summed E-state index contributed by atoms with van der Waals surface area (Å²) in [5, 5.41) is 12.6. The predicted octanol–water partition coefficient (Wildman–Crippen LogP) is 2.61. The summed E-state index contributed by atoms with van der Waals surface area (Å²) in [6.07, 6.45) is 1.98. The van der Waals surface area contributed by atoms with Crippen molar-refractivity contribution in [1.82, 2.24) is 14.7 Å². The molecule has 1 fully saturated rings. The average Bonchev–Trinajstić information content (AvgIpc) is 2.98. The fourth-order valence-electron chi connectivity index (χ4n) is 2.79. The first-order chi connectivity index (χ1) is 12.6. The zero-order valence-corrected chi connectivity index (χ0v) is 16.4. The molecule has 27 heavy (non-hydrogen) atoms. The number of rotatable bonds is 3. The van der Waals surface area contributed by atoms with Crippen molar-refractivity contribution in [3.8, 4) is 0 Å². The summed E-state index contributed by atoms with van der Waals surface area (Å²) in [6, 6.07) is 2.87. The maximum Gasteiger partial charge on any atom is 0.415 e. The Morgan fingerprint density at radius 2 is 2.11 bits per heavy atom. The molecule has 1 unspecified atom stereocenters. The van der Waals surface area contributed by atoms with E-state index in [9.17, 15) is 14.7 Å². The molecule has 0 spiro atoms. The van der Waals surface area contributed by atoms with Gasteiger partial charge >= 0.3 is 6.09 Å². The molecule has 0 aliphatic heterocycles. The minimum absolute atomic E-state index is 0.143. The first kappa shape index (κ1) is 19.4. The van der Waals surface area contributed by atoms with Gasteiger partial charge in [0.05, 0.1) is 17.7 Å². The van der Waals surface area contributed by atoms with E-state index in [1.54, 1.807) is 44.5 Å². The number of fused-ring (bicyclic) bond motifs is 1. The lowest BCUT2D eigenvalue weighted by atomic mass is 9.89. The van der Waals surface area contributed by atoms with E-state index in [0.29, 0.717) is 23.4 Å². The molecule has 9 heteroatoms. The second kappa shape index (κ2) is 7.01. The first-order valence-corrected chi connectivity index (χ1v) is 9.08. The number of ether oxygens (including phenoxy) is 1. The van der Waals surface area contributed by atoms with Crippen LogP contribution in [-0.4, -0.2) is 51.3 Å². The quantitative estimate of drug-likeness (QED) is 0.780. The van der Waals surface area contributed by atoms with Gasteiger partial charge in [-0.3, -0.25) is 14.1 Å². The molecule has 2 N–H and O–H groups in total. The van der Waals surface area contributed by atoms with Crippen LogP contribution in [0.5, 0.6) is 0 Å². The van der Waals surface area contributed by atoms with Crippen molar-refractivity contribution in [1.29, 1.82) is 0 Å². The number of nitrogens with zero attached hydrogens (tertiary/aromatic N) is 3. The molecule has 3 rings (SSSR count). The van der Waals surface area contributed by atoms with Gasteiger partial charge in [-0.25, -0.2) is 9.78 Å². The summed E-state index contributed by atoms with van der Waals surface area (Å²) in [5.41, 5.74) is -0.0123. The second-order valence-electron chi connectivity index (χ2n) is 7.62. The van der Waals surface area contributed by atoms with Crippen LogP contribution in [-0.2, 0) is 4.74 Å². The predicted molar refractivity (Wildman–Crippen MR) is 101 cm³/mol. The summed E-state index contributed by atoms with van der Waals surface area (Å²) in [5.74, 6) is 0.0730. The molecule has 1 aliphatic carbocycles. The lowest BCUT2D eigenvalue weighted by molar-refractivity contribution is 0.0448. The summed E-state index contributed by atoms with van der Waals surface area (Å²) < 4.78 is 6.99. The number of aliphatic hydroxyl groups is 1. The Bertz CT molecular complexity index is 889. The third-order valence-corrected chi connectivity index (χ3v) is 4.57. The van der Waals surface area contributed by atoms with Crippen molar-refractivity contribution in [2.24, 2.45) is 0 Å². The number of carbonyl (C=O) groups excluding carboxylic acids is 2. The minimum atomic E-state index is -0.646. The van der Waals surface area contributed by atoms with E-state index in [4.69, 9.17) is 16.3 Å². The average molecular weight is 395 g/mol. The summed E-state index contributed by atoms with van der Waals surface area (Å²) in [7, 11) is 1.56. The van der Waals surface area contributed by atoms with Crippen LogP contribution in [0.25, 0.3) is 5.65 Å². The monoisotopic (exact) mass is 394 g/mol. The minimum Gasteiger partial charge on any atom is -0.443 e. The molecule has 0 aromatic carbocycles. The Hall–Kier alpha value is -2.32. The van der Waals surface area contributed by atoms with Crippen LogP contribution in [0.1, 0.15) is 44.0 Å². The Morgan fingerprint density at radius 1 is 1.41 bits per heavy atom. The van der Waals surface area contributed by atoms with E-state index in [1.807, 2.05) is 0 Å². The molecule has 0 bridgehead atoms. The number of anilines is 1. The van der Waals surface area contributed by atoms with Gasteiger partial charge in [0.25, 0.3) is 5.91 Å². The van der Waals surface area contributed by atoms with Crippen LogP contribution in [0, 0.1) is 0 Å². The number of carbonyl (C=O) groups is 2.